The third-order valence-corrected chi connectivity index (χ3v) is 4.02. The van der Waals surface area contributed by atoms with Gasteiger partial charge in [0.1, 0.15) is 0 Å². The minimum Gasteiger partial charge on any atom is -0.332 e. The van der Waals surface area contributed by atoms with Crippen molar-refractivity contribution in [1.29, 1.82) is 0 Å². The maximum Gasteiger partial charge on any atom is 0.319 e. The van der Waals surface area contributed by atoms with Gasteiger partial charge in [-0.1, -0.05) is 30.3 Å². The summed E-state index contributed by atoms with van der Waals surface area (Å²) in [5.74, 6) is 0. The van der Waals surface area contributed by atoms with E-state index < -0.39 is 0 Å². The summed E-state index contributed by atoms with van der Waals surface area (Å²) >= 11 is 1.65. The molecular weight excluding hydrogens is 294 g/mol. The van der Waals surface area contributed by atoms with Gasteiger partial charge >= 0.3 is 6.03 Å². The zero-order chi connectivity index (χ0) is 15.2. The van der Waals surface area contributed by atoms with Crippen molar-refractivity contribution in [3.8, 4) is 10.4 Å². The Kier molecular flexibility index (Phi) is 4.46. The van der Waals surface area contributed by atoms with Gasteiger partial charge in [-0.2, -0.15) is 0 Å². The molecule has 3 aromatic rings. The Morgan fingerprint density at radius 2 is 1.91 bits per heavy atom. The number of hydrogen-bond donors (Lipinski definition) is 2. The van der Waals surface area contributed by atoms with Gasteiger partial charge in [-0.05, 0) is 29.6 Å². The molecular formula is C17H15N3OS. The Balaban J connectivity index is 1.67. The number of benzene rings is 1. The number of rotatable bonds is 4. The van der Waals surface area contributed by atoms with Crippen molar-refractivity contribution in [2.45, 2.75) is 6.54 Å². The van der Waals surface area contributed by atoms with Gasteiger partial charge in [0.25, 0.3) is 0 Å². The summed E-state index contributed by atoms with van der Waals surface area (Å²) in [5.41, 5.74) is 2.64. The predicted octanol–water partition coefficient (Wildman–Crippen LogP) is 4.13. The first-order valence-corrected chi connectivity index (χ1v) is 7.78. The molecule has 110 valence electrons. The molecule has 0 unspecified atom stereocenters. The summed E-state index contributed by atoms with van der Waals surface area (Å²) in [7, 11) is 0. The largest absolute Gasteiger partial charge is 0.332 e. The van der Waals surface area contributed by atoms with E-state index in [-0.39, 0.29) is 6.03 Å². The molecule has 0 bridgehead atoms. The van der Waals surface area contributed by atoms with E-state index in [1.807, 2.05) is 60.0 Å². The van der Waals surface area contributed by atoms with Crippen LogP contribution in [0.3, 0.4) is 0 Å². The number of carbonyl (C=O) groups is 1. The topological polar surface area (TPSA) is 54.0 Å². The van der Waals surface area contributed by atoms with Crippen LogP contribution in [0.2, 0.25) is 0 Å². The number of thiophene rings is 1. The van der Waals surface area contributed by atoms with Crippen molar-refractivity contribution in [3.63, 3.8) is 0 Å². The first-order chi connectivity index (χ1) is 10.8. The molecule has 0 aliphatic carbocycles. The second-order valence-corrected chi connectivity index (χ2v) is 5.60. The van der Waals surface area contributed by atoms with E-state index >= 15 is 0 Å². The molecule has 2 heterocycles. The molecule has 4 nitrogen and oxygen atoms in total. The Hall–Kier alpha value is -2.66. The minimum absolute atomic E-state index is 0.241. The van der Waals surface area contributed by atoms with Gasteiger partial charge in [0.15, 0.2) is 0 Å². The zero-order valence-corrected chi connectivity index (χ0v) is 12.6. The number of hydrogen-bond acceptors (Lipinski definition) is 3. The standard InChI is InChI=1S/C17H15N3OS/c21-17(19-12-13-6-3-4-10-18-13)20-15-8-2-1-7-14(15)16-9-5-11-22-16/h1-11H,12H2,(H2,19,20,21). The van der Waals surface area contributed by atoms with Crippen LogP contribution < -0.4 is 10.6 Å². The fourth-order valence-electron chi connectivity index (χ4n) is 2.08. The van der Waals surface area contributed by atoms with E-state index in [1.54, 1.807) is 17.5 Å². The van der Waals surface area contributed by atoms with E-state index in [9.17, 15) is 4.79 Å². The molecule has 0 aliphatic rings. The number of nitrogens with zero attached hydrogens (tertiary/aromatic N) is 1. The number of amides is 2. The highest BCUT2D eigenvalue weighted by atomic mass is 32.1. The van der Waals surface area contributed by atoms with Crippen LogP contribution in [0.5, 0.6) is 0 Å². The highest BCUT2D eigenvalue weighted by Gasteiger charge is 2.08. The van der Waals surface area contributed by atoms with E-state index in [2.05, 4.69) is 15.6 Å². The van der Waals surface area contributed by atoms with Gasteiger partial charge in [-0.3, -0.25) is 4.98 Å². The molecule has 0 aliphatic heterocycles. The first kappa shape index (κ1) is 14.3. The fourth-order valence-corrected chi connectivity index (χ4v) is 2.84. The van der Waals surface area contributed by atoms with Crippen molar-refractivity contribution in [1.82, 2.24) is 10.3 Å². The van der Waals surface area contributed by atoms with Gasteiger partial charge < -0.3 is 10.6 Å². The van der Waals surface area contributed by atoms with E-state index in [4.69, 9.17) is 0 Å². The second-order valence-electron chi connectivity index (χ2n) is 4.65. The number of pyridine rings is 1. The van der Waals surface area contributed by atoms with Crippen LogP contribution in [0, 0.1) is 0 Å². The molecule has 3 rings (SSSR count). The van der Waals surface area contributed by atoms with Gasteiger partial charge in [0.2, 0.25) is 0 Å². The van der Waals surface area contributed by atoms with Gasteiger partial charge in [-0.15, -0.1) is 11.3 Å². The van der Waals surface area contributed by atoms with Crippen LogP contribution in [0.25, 0.3) is 10.4 Å². The summed E-state index contributed by atoms with van der Waals surface area (Å²) in [6.07, 6.45) is 1.71. The third kappa shape index (κ3) is 3.51. The summed E-state index contributed by atoms with van der Waals surface area (Å²) < 4.78 is 0. The summed E-state index contributed by atoms with van der Waals surface area (Å²) in [4.78, 5) is 17.4. The fraction of sp³-hybridized carbons (Fsp3) is 0.0588. The number of anilines is 1. The lowest BCUT2D eigenvalue weighted by atomic mass is 10.1. The molecule has 2 aromatic heterocycles. The molecule has 0 saturated heterocycles. The quantitative estimate of drug-likeness (QED) is 0.761. The lowest BCUT2D eigenvalue weighted by molar-refractivity contribution is 0.251. The lowest BCUT2D eigenvalue weighted by Gasteiger charge is -2.11. The molecule has 0 radical (unpaired) electrons. The number of urea groups is 1. The smallest absolute Gasteiger partial charge is 0.319 e. The van der Waals surface area contributed by atoms with Gasteiger partial charge in [-0.25, -0.2) is 4.79 Å². The van der Waals surface area contributed by atoms with E-state index in [1.165, 1.54) is 0 Å². The number of para-hydroxylation sites is 1. The summed E-state index contributed by atoms with van der Waals surface area (Å²) in [6, 6.07) is 17.2. The van der Waals surface area contributed by atoms with Crippen molar-refractivity contribution in [3.05, 3.63) is 71.9 Å². The van der Waals surface area contributed by atoms with E-state index in [0.29, 0.717) is 6.54 Å². The molecule has 0 atom stereocenters. The molecule has 0 spiro atoms. The number of aromatic nitrogens is 1. The average molecular weight is 309 g/mol. The van der Waals surface area contributed by atoms with Crippen LogP contribution in [-0.4, -0.2) is 11.0 Å². The first-order valence-electron chi connectivity index (χ1n) is 6.90. The van der Waals surface area contributed by atoms with Crippen LogP contribution in [0.15, 0.2) is 66.2 Å². The Morgan fingerprint density at radius 1 is 1.05 bits per heavy atom. The summed E-state index contributed by atoms with van der Waals surface area (Å²) in [5, 5.41) is 7.73. The molecule has 22 heavy (non-hydrogen) atoms. The third-order valence-electron chi connectivity index (χ3n) is 3.12. The van der Waals surface area contributed by atoms with Crippen LogP contribution in [0.1, 0.15) is 5.69 Å². The highest BCUT2D eigenvalue weighted by molar-refractivity contribution is 7.13. The molecule has 5 heteroatoms. The Morgan fingerprint density at radius 3 is 2.68 bits per heavy atom. The average Bonchev–Trinajstić information content (AvgIpc) is 3.09. The zero-order valence-electron chi connectivity index (χ0n) is 11.8. The van der Waals surface area contributed by atoms with E-state index in [0.717, 1.165) is 21.8 Å². The lowest BCUT2D eigenvalue weighted by Crippen LogP contribution is -2.28. The van der Waals surface area contributed by atoms with Crippen molar-refractivity contribution >= 4 is 23.1 Å². The molecule has 0 fully saturated rings. The van der Waals surface area contributed by atoms with Crippen molar-refractivity contribution in [2.24, 2.45) is 0 Å². The van der Waals surface area contributed by atoms with Gasteiger partial charge in [0.05, 0.1) is 17.9 Å². The highest BCUT2D eigenvalue weighted by Crippen LogP contribution is 2.31. The second kappa shape index (κ2) is 6.87. The van der Waals surface area contributed by atoms with Crippen LogP contribution in [0.4, 0.5) is 10.5 Å². The maximum atomic E-state index is 12.1. The summed E-state index contributed by atoms with van der Waals surface area (Å²) in [6.45, 7) is 0.397. The normalized spacial score (nSPS) is 10.2. The van der Waals surface area contributed by atoms with Crippen molar-refractivity contribution < 1.29 is 4.79 Å². The monoisotopic (exact) mass is 309 g/mol. The Bertz CT molecular complexity index is 742. The molecule has 0 saturated carbocycles. The molecule has 2 N–H and O–H groups in total. The van der Waals surface area contributed by atoms with Crippen molar-refractivity contribution in [2.75, 3.05) is 5.32 Å². The van der Waals surface area contributed by atoms with Crippen LogP contribution >= 0.6 is 11.3 Å². The van der Waals surface area contributed by atoms with Gasteiger partial charge in [0, 0.05) is 16.6 Å². The molecule has 1 aromatic carbocycles. The SMILES string of the molecule is O=C(NCc1ccccn1)Nc1ccccc1-c1cccs1. The maximum absolute atomic E-state index is 12.1. The minimum atomic E-state index is -0.241. The Labute approximate surface area is 132 Å². The number of nitrogens with one attached hydrogen (secondary N) is 2. The number of carbonyl (C=O) groups excluding carboxylic acids is 1. The molecule has 2 amide bonds. The van der Waals surface area contributed by atoms with Crippen LogP contribution in [-0.2, 0) is 6.54 Å². The predicted molar refractivity (Wildman–Crippen MR) is 89.9 cm³/mol.